The highest BCUT2D eigenvalue weighted by Crippen LogP contribution is 2.41. The maximum Gasteiger partial charge on any atom is 0.248 e. The van der Waals surface area contributed by atoms with Crippen LogP contribution in [0.1, 0.15) is 31.4 Å². The van der Waals surface area contributed by atoms with Gasteiger partial charge < -0.3 is 4.74 Å². The van der Waals surface area contributed by atoms with Gasteiger partial charge in [0.25, 0.3) is 0 Å². The van der Waals surface area contributed by atoms with Crippen molar-refractivity contribution in [2.24, 2.45) is 11.8 Å². The normalized spacial score (nSPS) is 22.7. The van der Waals surface area contributed by atoms with Crippen molar-refractivity contribution in [1.82, 2.24) is 14.5 Å². The van der Waals surface area contributed by atoms with Gasteiger partial charge in [-0.3, -0.25) is 4.55 Å². The second-order valence-electron chi connectivity index (χ2n) is 7.24. The van der Waals surface area contributed by atoms with Gasteiger partial charge in [-0.2, -0.15) is 5.10 Å². The summed E-state index contributed by atoms with van der Waals surface area (Å²) in [5.41, 5.74) is 1.92. The van der Waals surface area contributed by atoms with Crippen molar-refractivity contribution >= 4 is 11.3 Å². The fraction of sp³-hybridized carbons (Fsp3) is 0.526. The van der Waals surface area contributed by atoms with E-state index < -0.39 is 17.2 Å². The van der Waals surface area contributed by atoms with Gasteiger partial charge in [0.2, 0.25) is 17.2 Å². The van der Waals surface area contributed by atoms with Crippen molar-refractivity contribution < 1.29 is 22.3 Å². The van der Waals surface area contributed by atoms with Crippen molar-refractivity contribution in [2.75, 3.05) is 13.2 Å². The molecule has 3 atom stereocenters. The van der Waals surface area contributed by atoms with E-state index in [1.807, 2.05) is 37.3 Å². The third-order valence-electron chi connectivity index (χ3n) is 5.23. The number of nitrogens with one attached hydrogen (secondary N) is 1. The molecule has 0 bridgehead atoms. The summed E-state index contributed by atoms with van der Waals surface area (Å²) in [4.78, 5) is 0. The zero-order chi connectivity index (χ0) is 20.1. The molecule has 1 aliphatic rings. The van der Waals surface area contributed by atoms with Crippen LogP contribution in [0, 0.1) is 18.8 Å². The van der Waals surface area contributed by atoms with Gasteiger partial charge in [0.15, 0.2) is 0 Å². The first-order valence-electron chi connectivity index (χ1n) is 9.30. The lowest BCUT2D eigenvalue weighted by atomic mass is 9.76. The molecule has 3 rings (SSSR count). The number of hydrogen-bond acceptors (Lipinski definition) is 3. The van der Waals surface area contributed by atoms with Crippen molar-refractivity contribution in [1.29, 1.82) is 0 Å². The fourth-order valence-corrected chi connectivity index (χ4v) is 4.01. The number of nitrogens with zero attached hydrogens (tertiary/aromatic N) is 2. The predicted octanol–water partition coefficient (Wildman–Crippen LogP) is 3.73. The molecule has 154 valence electrons. The van der Waals surface area contributed by atoms with E-state index in [0.29, 0.717) is 25.1 Å². The van der Waals surface area contributed by atoms with Crippen molar-refractivity contribution in [3.63, 3.8) is 0 Å². The van der Waals surface area contributed by atoms with Crippen LogP contribution in [-0.2, 0) is 11.3 Å². The van der Waals surface area contributed by atoms with Crippen LogP contribution in [0.25, 0.3) is 5.69 Å². The van der Waals surface area contributed by atoms with E-state index in [1.54, 1.807) is 10.9 Å². The maximum atomic E-state index is 13.9. The molecule has 1 fully saturated rings. The molecular formula is C19H25F2N3O3S. The largest absolute Gasteiger partial charge is 0.493 e. The van der Waals surface area contributed by atoms with Crippen LogP contribution in [0.4, 0.5) is 8.78 Å². The molecule has 0 saturated heterocycles. The Balaban J connectivity index is 1.59. The zero-order valence-corrected chi connectivity index (χ0v) is 16.5. The first-order chi connectivity index (χ1) is 13.3. The topological polar surface area (TPSA) is 76.4 Å². The standard InChI is InChI=1S/C19H25F2N3O3S/c1-14-7-10-22-24(14)17-2-4-18(5-3-17)27-13-16-12-19(20,21)9-6-15(16)8-11-23-28(25)26/h2-5,7,10,15-16,23H,6,8-9,11-13H2,1H3,(H,25,26). The number of benzene rings is 1. The van der Waals surface area contributed by atoms with Crippen LogP contribution in [0.2, 0.25) is 0 Å². The van der Waals surface area contributed by atoms with E-state index in [4.69, 9.17) is 9.29 Å². The van der Waals surface area contributed by atoms with E-state index in [1.165, 1.54) is 0 Å². The highest BCUT2D eigenvalue weighted by Gasteiger charge is 2.41. The van der Waals surface area contributed by atoms with Crippen LogP contribution in [0.15, 0.2) is 36.5 Å². The molecule has 1 aromatic carbocycles. The SMILES string of the molecule is Cc1ccnn1-c1ccc(OCC2CC(F)(F)CCC2CCNS(=O)O)cc1. The second kappa shape index (κ2) is 9.11. The summed E-state index contributed by atoms with van der Waals surface area (Å²) in [7, 11) is 0. The molecule has 0 amide bonds. The van der Waals surface area contributed by atoms with Crippen LogP contribution in [0.5, 0.6) is 5.75 Å². The molecule has 6 nitrogen and oxygen atoms in total. The predicted molar refractivity (Wildman–Crippen MR) is 103 cm³/mol. The number of aryl methyl sites for hydroxylation is 1. The molecule has 2 aromatic rings. The number of ether oxygens (including phenoxy) is 1. The van der Waals surface area contributed by atoms with Gasteiger partial charge in [-0.1, -0.05) is 0 Å². The van der Waals surface area contributed by atoms with Gasteiger partial charge >= 0.3 is 0 Å². The molecule has 9 heteroatoms. The third kappa shape index (κ3) is 5.59. The lowest BCUT2D eigenvalue weighted by Gasteiger charge is -2.36. The molecule has 0 spiro atoms. The lowest BCUT2D eigenvalue weighted by molar-refractivity contribution is -0.0776. The number of aromatic nitrogens is 2. The molecule has 0 radical (unpaired) electrons. The number of halogens is 2. The van der Waals surface area contributed by atoms with Crippen molar-refractivity contribution in [3.05, 3.63) is 42.2 Å². The Hall–Kier alpha value is -1.84. The third-order valence-corrected chi connectivity index (χ3v) is 5.68. The molecular weight excluding hydrogens is 388 g/mol. The van der Waals surface area contributed by atoms with Gasteiger partial charge in [0, 0.05) is 37.2 Å². The number of hydrogen-bond donors (Lipinski definition) is 2. The summed E-state index contributed by atoms with van der Waals surface area (Å²) < 4.78 is 57.3. The van der Waals surface area contributed by atoms with E-state index in [9.17, 15) is 13.0 Å². The minimum atomic E-state index is -2.68. The van der Waals surface area contributed by atoms with E-state index in [2.05, 4.69) is 9.82 Å². The Morgan fingerprint density at radius 3 is 2.71 bits per heavy atom. The van der Waals surface area contributed by atoms with Gasteiger partial charge in [-0.25, -0.2) is 22.4 Å². The first-order valence-corrected chi connectivity index (χ1v) is 10.4. The zero-order valence-electron chi connectivity index (χ0n) is 15.7. The van der Waals surface area contributed by atoms with E-state index in [-0.39, 0.29) is 31.3 Å². The molecule has 2 N–H and O–H groups in total. The summed E-state index contributed by atoms with van der Waals surface area (Å²) in [5.74, 6) is -2.33. The molecule has 3 unspecified atom stereocenters. The Morgan fingerprint density at radius 1 is 1.32 bits per heavy atom. The maximum absolute atomic E-state index is 13.9. The fourth-order valence-electron chi connectivity index (χ4n) is 3.72. The van der Waals surface area contributed by atoms with Gasteiger partial charge in [0.1, 0.15) is 5.75 Å². The van der Waals surface area contributed by atoms with Crippen LogP contribution in [-0.4, -0.2) is 37.6 Å². The van der Waals surface area contributed by atoms with Crippen molar-refractivity contribution in [3.8, 4) is 11.4 Å². The quantitative estimate of drug-likeness (QED) is 0.647. The number of alkyl halides is 2. The lowest BCUT2D eigenvalue weighted by Crippen LogP contribution is -2.37. The van der Waals surface area contributed by atoms with Crippen LogP contribution >= 0.6 is 0 Å². The minimum Gasteiger partial charge on any atom is -0.493 e. The van der Waals surface area contributed by atoms with Crippen LogP contribution < -0.4 is 9.46 Å². The smallest absolute Gasteiger partial charge is 0.248 e. The Labute approximate surface area is 165 Å². The van der Waals surface area contributed by atoms with Gasteiger partial charge in [-0.15, -0.1) is 0 Å². The van der Waals surface area contributed by atoms with E-state index >= 15 is 0 Å². The Morgan fingerprint density at radius 2 is 2.07 bits per heavy atom. The molecule has 28 heavy (non-hydrogen) atoms. The minimum absolute atomic E-state index is 0.0293. The van der Waals surface area contributed by atoms with Gasteiger partial charge in [-0.05, 0) is 56.0 Å². The summed E-state index contributed by atoms with van der Waals surface area (Å²) in [6, 6.07) is 9.28. The average Bonchev–Trinajstić information content (AvgIpc) is 3.07. The van der Waals surface area contributed by atoms with E-state index in [0.717, 1.165) is 11.4 Å². The molecule has 1 aromatic heterocycles. The molecule has 1 heterocycles. The first kappa shape index (κ1) is 20.9. The summed E-state index contributed by atoms with van der Waals surface area (Å²) in [6.07, 6.45) is 2.31. The summed E-state index contributed by atoms with van der Waals surface area (Å²) >= 11 is -2.08. The Kier molecular flexibility index (Phi) is 6.79. The Bertz CT molecular complexity index is 798. The second-order valence-corrected chi connectivity index (χ2v) is 8.03. The molecule has 0 aliphatic heterocycles. The summed E-state index contributed by atoms with van der Waals surface area (Å²) in [5, 5.41) is 4.25. The molecule has 1 saturated carbocycles. The monoisotopic (exact) mass is 413 g/mol. The highest BCUT2D eigenvalue weighted by atomic mass is 32.2. The molecule has 1 aliphatic carbocycles. The highest BCUT2D eigenvalue weighted by molar-refractivity contribution is 7.77. The number of rotatable bonds is 8. The average molecular weight is 413 g/mol. The summed E-state index contributed by atoms with van der Waals surface area (Å²) in [6.45, 7) is 2.47. The van der Waals surface area contributed by atoms with Gasteiger partial charge in [0.05, 0.1) is 12.3 Å². The van der Waals surface area contributed by atoms with Crippen molar-refractivity contribution in [2.45, 2.75) is 38.5 Å². The van der Waals surface area contributed by atoms with Crippen LogP contribution in [0.3, 0.4) is 0 Å².